The molecule has 2 aromatic rings. The molecule has 4 heterocycles. The number of hydrogen-bond acceptors (Lipinski definition) is 8. The van der Waals surface area contributed by atoms with E-state index in [1.54, 1.807) is 16.8 Å². The van der Waals surface area contributed by atoms with E-state index in [9.17, 15) is 0 Å². The Balaban J connectivity index is 1.37. The fourth-order valence-electron chi connectivity index (χ4n) is 3.21. The monoisotopic (exact) mass is 331 g/mol. The van der Waals surface area contributed by atoms with Crippen molar-refractivity contribution >= 4 is 28.1 Å². The van der Waals surface area contributed by atoms with Gasteiger partial charge in [0.15, 0.2) is 11.6 Å². The molecule has 0 radical (unpaired) electrons. The van der Waals surface area contributed by atoms with E-state index in [1.165, 1.54) is 19.3 Å². The zero-order valence-electron chi connectivity index (χ0n) is 13.1. The largest absolute Gasteiger partial charge is 0.355 e. The summed E-state index contributed by atoms with van der Waals surface area (Å²) in [6.45, 7) is 5.99. The second-order valence-corrected chi connectivity index (χ2v) is 6.80. The van der Waals surface area contributed by atoms with E-state index in [0.717, 1.165) is 56.0 Å². The SMILES string of the molecule is c1nnc(N2CCN(c3ccc(N4CCCCC4)nn3)CC2)s1. The fraction of sp³-hybridized carbons (Fsp3) is 0.600. The molecule has 2 fully saturated rings. The molecule has 2 aliphatic rings. The van der Waals surface area contributed by atoms with Gasteiger partial charge in [0.05, 0.1) is 0 Å². The normalized spacial score (nSPS) is 19.2. The van der Waals surface area contributed by atoms with Gasteiger partial charge in [-0.1, -0.05) is 11.3 Å². The number of aromatic nitrogens is 4. The van der Waals surface area contributed by atoms with E-state index < -0.39 is 0 Å². The lowest BCUT2D eigenvalue weighted by atomic mass is 10.1. The van der Waals surface area contributed by atoms with E-state index in [4.69, 9.17) is 0 Å². The quantitative estimate of drug-likeness (QED) is 0.847. The van der Waals surface area contributed by atoms with Crippen LogP contribution >= 0.6 is 11.3 Å². The topological polar surface area (TPSA) is 61.3 Å². The average molecular weight is 331 g/mol. The van der Waals surface area contributed by atoms with Gasteiger partial charge in [-0.15, -0.1) is 20.4 Å². The van der Waals surface area contributed by atoms with E-state index in [2.05, 4.69) is 47.2 Å². The van der Waals surface area contributed by atoms with Crippen molar-refractivity contribution in [2.45, 2.75) is 19.3 Å². The number of hydrogen-bond donors (Lipinski definition) is 0. The third-order valence-corrected chi connectivity index (χ3v) is 5.29. The molecule has 8 heteroatoms. The number of nitrogens with zero attached hydrogens (tertiary/aromatic N) is 7. The van der Waals surface area contributed by atoms with Crippen LogP contribution < -0.4 is 14.7 Å². The Morgan fingerprint density at radius 3 is 1.87 bits per heavy atom. The van der Waals surface area contributed by atoms with Crippen molar-refractivity contribution in [3.63, 3.8) is 0 Å². The molecule has 0 atom stereocenters. The molecular weight excluding hydrogens is 310 g/mol. The molecule has 2 saturated heterocycles. The Labute approximate surface area is 139 Å². The van der Waals surface area contributed by atoms with Crippen LogP contribution in [-0.4, -0.2) is 59.7 Å². The minimum absolute atomic E-state index is 0.942. The molecule has 0 bridgehead atoms. The predicted molar refractivity (Wildman–Crippen MR) is 92.4 cm³/mol. The molecule has 2 aromatic heterocycles. The van der Waals surface area contributed by atoms with Gasteiger partial charge in [0.1, 0.15) is 5.51 Å². The molecule has 122 valence electrons. The molecule has 0 N–H and O–H groups in total. The van der Waals surface area contributed by atoms with E-state index >= 15 is 0 Å². The first kappa shape index (κ1) is 14.6. The Morgan fingerprint density at radius 2 is 1.30 bits per heavy atom. The van der Waals surface area contributed by atoms with Crippen molar-refractivity contribution in [3.8, 4) is 0 Å². The number of rotatable bonds is 3. The van der Waals surface area contributed by atoms with Crippen molar-refractivity contribution in [1.82, 2.24) is 20.4 Å². The van der Waals surface area contributed by atoms with Gasteiger partial charge < -0.3 is 14.7 Å². The summed E-state index contributed by atoms with van der Waals surface area (Å²) in [7, 11) is 0. The highest BCUT2D eigenvalue weighted by atomic mass is 32.1. The van der Waals surface area contributed by atoms with Crippen molar-refractivity contribution in [2.24, 2.45) is 0 Å². The maximum absolute atomic E-state index is 4.46. The lowest BCUT2D eigenvalue weighted by Gasteiger charge is -2.35. The van der Waals surface area contributed by atoms with Crippen LogP contribution in [0, 0.1) is 0 Å². The molecule has 23 heavy (non-hydrogen) atoms. The molecule has 0 unspecified atom stereocenters. The van der Waals surface area contributed by atoms with Crippen LogP contribution in [0.3, 0.4) is 0 Å². The maximum atomic E-state index is 4.46. The highest BCUT2D eigenvalue weighted by molar-refractivity contribution is 7.13. The summed E-state index contributed by atoms with van der Waals surface area (Å²) in [6.07, 6.45) is 3.86. The van der Waals surface area contributed by atoms with Crippen LogP contribution in [0.25, 0.3) is 0 Å². The van der Waals surface area contributed by atoms with Crippen LogP contribution in [0.5, 0.6) is 0 Å². The molecule has 4 rings (SSSR count). The first-order valence-electron chi connectivity index (χ1n) is 8.25. The summed E-state index contributed by atoms with van der Waals surface area (Å²) < 4.78 is 0. The van der Waals surface area contributed by atoms with E-state index in [1.807, 2.05) is 0 Å². The van der Waals surface area contributed by atoms with Gasteiger partial charge in [0.25, 0.3) is 0 Å². The van der Waals surface area contributed by atoms with Gasteiger partial charge in [0, 0.05) is 39.3 Å². The smallest absolute Gasteiger partial charge is 0.208 e. The summed E-state index contributed by atoms with van der Waals surface area (Å²) in [5.41, 5.74) is 1.78. The summed E-state index contributed by atoms with van der Waals surface area (Å²) in [5.74, 6) is 1.99. The van der Waals surface area contributed by atoms with Crippen molar-refractivity contribution < 1.29 is 0 Å². The zero-order valence-corrected chi connectivity index (χ0v) is 14.0. The zero-order chi connectivity index (χ0) is 15.5. The Bertz CT molecular complexity index is 601. The molecule has 0 amide bonds. The van der Waals surface area contributed by atoms with Crippen LogP contribution in [0.2, 0.25) is 0 Å². The minimum Gasteiger partial charge on any atom is -0.355 e. The highest BCUT2D eigenvalue weighted by Gasteiger charge is 2.21. The second-order valence-electron chi connectivity index (χ2n) is 5.99. The maximum Gasteiger partial charge on any atom is 0.208 e. The van der Waals surface area contributed by atoms with Crippen molar-refractivity contribution in [3.05, 3.63) is 17.6 Å². The van der Waals surface area contributed by atoms with Gasteiger partial charge >= 0.3 is 0 Å². The standard InChI is InChI=1S/C15H21N7S/c1-2-6-20(7-3-1)13-4-5-14(18-17-13)21-8-10-22(11-9-21)15-19-16-12-23-15/h4-5,12H,1-3,6-11H2. The van der Waals surface area contributed by atoms with Gasteiger partial charge in [0.2, 0.25) is 5.13 Å². The average Bonchev–Trinajstić information content (AvgIpc) is 3.18. The molecule has 0 spiro atoms. The molecular formula is C15H21N7S. The highest BCUT2D eigenvalue weighted by Crippen LogP contribution is 2.22. The Hall–Kier alpha value is -1.96. The molecule has 2 aliphatic heterocycles. The van der Waals surface area contributed by atoms with Crippen molar-refractivity contribution in [1.29, 1.82) is 0 Å². The summed E-state index contributed by atoms with van der Waals surface area (Å²) in [6, 6.07) is 4.22. The first-order valence-corrected chi connectivity index (χ1v) is 9.13. The second kappa shape index (κ2) is 6.66. The predicted octanol–water partition coefficient (Wildman–Crippen LogP) is 1.64. The summed E-state index contributed by atoms with van der Waals surface area (Å²) >= 11 is 1.60. The van der Waals surface area contributed by atoms with Gasteiger partial charge in [-0.05, 0) is 31.4 Å². The van der Waals surface area contributed by atoms with Crippen LogP contribution in [0.1, 0.15) is 19.3 Å². The summed E-state index contributed by atoms with van der Waals surface area (Å²) in [5, 5.41) is 18.0. The number of piperidine rings is 1. The van der Waals surface area contributed by atoms with Gasteiger partial charge in [-0.2, -0.15) is 0 Å². The number of anilines is 3. The molecule has 0 aliphatic carbocycles. The summed E-state index contributed by atoms with van der Waals surface area (Å²) in [4.78, 5) is 6.92. The molecule has 7 nitrogen and oxygen atoms in total. The Morgan fingerprint density at radius 1 is 0.696 bits per heavy atom. The van der Waals surface area contributed by atoms with E-state index in [0.29, 0.717) is 0 Å². The third kappa shape index (κ3) is 3.21. The minimum atomic E-state index is 0.942. The van der Waals surface area contributed by atoms with Crippen LogP contribution in [0.4, 0.5) is 16.8 Å². The fourth-order valence-corrected chi connectivity index (χ4v) is 3.82. The lowest BCUT2D eigenvalue weighted by molar-refractivity contribution is 0.570. The lowest BCUT2D eigenvalue weighted by Crippen LogP contribution is -2.47. The molecule has 0 aromatic carbocycles. The third-order valence-electron chi connectivity index (χ3n) is 4.54. The number of piperazine rings is 1. The van der Waals surface area contributed by atoms with Crippen molar-refractivity contribution in [2.75, 3.05) is 54.0 Å². The molecule has 0 saturated carbocycles. The first-order chi connectivity index (χ1) is 11.4. The Kier molecular flexibility index (Phi) is 4.23. The van der Waals surface area contributed by atoms with Gasteiger partial charge in [-0.25, -0.2) is 0 Å². The van der Waals surface area contributed by atoms with Gasteiger partial charge in [-0.3, -0.25) is 0 Å². The van der Waals surface area contributed by atoms with Crippen LogP contribution in [0.15, 0.2) is 17.6 Å². The van der Waals surface area contributed by atoms with Crippen LogP contribution in [-0.2, 0) is 0 Å². The van der Waals surface area contributed by atoms with E-state index in [-0.39, 0.29) is 0 Å².